The normalized spacial score (nSPS) is 10.8. The molecule has 0 unspecified atom stereocenters. The number of rotatable bonds is 6. The van der Waals surface area contributed by atoms with Crippen LogP contribution in [0.5, 0.6) is 5.75 Å². The van der Waals surface area contributed by atoms with Crippen LogP contribution < -0.4 is 15.4 Å². The van der Waals surface area contributed by atoms with Crippen LogP contribution in [0.4, 0.5) is 5.69 Å². The molecule has 31 heavy (non-hydrogen) atoms. The Bertz CT molecular complexity index is 1250. The van der Waals surface area contributed by atoms with Crippen LogP contribution in [0, 0.1) is 6.92 Å². The first kappa shape index (κ1) is 20.5. The zero-order valence-corrected chi connectivity index (χ0v) is 17.9. The molecule has 0 radical (unpaired) electrons. The Morgan fingerprint density at radius 3 is 2.77 bits per heavy atom. The van der Waals surface area contributed by atoms with E-state index in [0.717, 1.165) is 21.8 Å². The molecule has 0 aliphatic carbocycles. The van der Waals surface area contributed by atoms with Crippen molar-refractivity contribution in [1.82, 2.24) is 19.9 Å². The van der Waals surface area contributed by atoms with Crippen LogP contribution in [-0.4, -0.2) is 40.1 Å². The van der Waals surface area contributed by atoms with Gasteiger partial charge in [0.2, 0.25) is 4.96 Å². The third-order valence-electron chi connectivity index (χ3n) is 4.74. The summed E-state index contributed by atoms with van der Waals surface area (Å²) in [6, 6.07) is 14.8. The third kappa shape index (κ3) is 4.56. The van der Waals surface area contributed by atoms with E-state index in [2.05, 4.69) is 20.7 Å². The number of carbonyl (C=O) groups is 2. The Labute approximate surface area is 182 Å². The molecule has 0 aliphatic rings. The molecule has 0 bridgehead atoms. The van der Waals surface area contributed by atoms with Crippen LogP contribution >= 0.6 is 11.3 Å². The number of anilines is 1. The van der Waals surface area contributed by atoms with Crippen LogP contribution in [0.1, 0.15) is 11.3 Å². The monoisotopic (exact) mass is 435 g/mol. The highest BCUT2D eigenvalue weighted by atomic mass is 32.1. The molecular weight excluding hydrogens is 414 g/mol. The average molecular weight is 436 g/mol. The molecule has 0 aliphatic heterocycles. The minimum absolute atomic E-state index is 0.301. The Morgan fingerprint density at radius 2 is 1.97 bits per heavy atom. The topological polar surface area (TPSA) is 97.6 Å². The molecule has 2 amide bonds. The first-order valence-corrected chi connectivity index (χ1v) is 10.6. The summed E-state index contributed by atoms with van der Waals surface area (Å²) < 4.78 is 6.90. The van der Waals surface area contributed by atoms with E-state index in [9.17, 15) is 9.59 Å². The van der Waals surface area contributed by atoms with Crippen LogP contribution in [0.2, 0.25) is 0 Å². The van der Waals surface area contributed by atoms with Gasteiger partial charge in [-0.05, 0) is 24.6 Å². The van der Waals surface area contributed by atoms with Gasteiger partial charge in [0.15, 0.2) is 5.82 Å². The largest absolute Gasteiger partial charge is 0.497 e. The number of ether oxygens (including phenoxy) is 1. The van der Waals surface area contributed by atoms with Crippen molar-refractivity contribution in [2.45, 2.75) is 13.3 Å². The lowest BCUT2D eigenvalue weighted by atomic mass is 10.1. The van der Waals surface area contributed by atoms with Crippen molar-refractivity contribution in [2.75, 3.05) is 19.0 Å². The number of thiazole rings is 1. The highest BCUT2D eigenvalue weighted by molar-refractivity contribution is 7.15. The molecule has 9 heteroatoms. The lowest BCUT2D eigenvalue weighted by Gasteiger charge is -2.07. The van der Waals surface area contributed by atoms with Crippen LogP contribution in [-0.2, 0) is 16.0 Å². The minimum atomic E-state index is -0.730. The number of benzene rings is 2. The Balaban J connectivity index is 1.36. The molecule has 0 spiro atoms. The van der Waals surface area contributed by atoms with Gasteiger partial charge in [0.25, 0.3) is 0 Å². The summed E-state index contributed by atoms with van der Waals surface area (Å²) in [7, 11) is 1.54. The quantitative estimate of drug-likeness (QED) is 0.454. The maximum absolute atomic E-state index is 12.1. The van der Waals surface area contributed by atoms with E-state index in [1.807, 2.05) is 36.6 Å². The number of nitrogens with zero attached hydrogens (tertiary/aromatic N) is 3. The second-order valence-electron chi connectivity index (χ2n) is 6.86. The fourth-order valence-corrected chi connectivity index (χ4v) is 3.96. The standard InChI is InChI=1S/C22H21N5O3S/c1-14-6-3-4-9-18(14)19-25-22-27(26-19)16(13-31-22)10-11-23-20(28)21(29)24-15-7-5-8-17(12-15)30-2/h3-9,12-13H,10-11H2,1-2H3,(H,23,28)(H,24,29). The Kier molecular flexibility index (Phi) is 5.94. The molecule has 0 fully saturated rings. The van der Waals surface area contributed by atoms with Crippen molar-refractivity contribution in [1.29, 1.82) is 0 Å². The summed E-state index contributed by atoms with van der Waals surface area (Å²) >= 11 is 1.49. The second kappa shape index (κ2) is 8.97. The van der Waals surface area contributed by atoms with Gasteiger partial charge in [-0.25, -0.2) is 4.52 Å². The third-order valence-corrected chi connectivity index (χ3v) is 5.60. The van der Waals surface area contributed by atoms with Gasteiger partial charge in [-0.3, -0.25) is 9.59 Å². The summed E-state index contributed by atoms with van der Waals surface area (Å²) in [6.45, 7) is 2.33. The van der Waals surface area contributed by atoms with Crippen LogP contribution in [0.15, 0.2) is 53.9 Å². The molecule has 0 saturated carbocycles. The van der Waals surface area contributed by atoms with E-state index in [4.69, 9.17) is 4.74 Å². The van der Waals surface area contributed by atoms with Crippen molar-refractivity contribution in [3.63, 3.8) is 0 Å². The summed E-state index contributed by atoms with van der Waals surface area (Å²) in [5, 5.41) is 11.8. The minimum Gasteiger partial charge on any atom is -0.497 e. The lowest BCUT2D eigenvalue weighted by Crippen LogP contribution is -2.36. The summed E-state index contributed by atoms with van der Waals surface area (Å²) in [5.74, 6) is -0.162. The molecular formula is C22H21N5O3S. The maximum Gasteiger partial charge on any atom is 0.313 e. The van der Waals surface area contributed by atoms with Gasteiger partial charge < -0.3 is 15.4 Å². The van der Waals surface area contributed by atoms with E-state index in [0.29, 0.717) is 30.2 Å². The van der Waals surface area contributed by atoms with Gasteiger partial charge in [0, 0.05) is 35.7 Å². The predicted molar refractivity (Wildman–Crippen MR) is 119 cm³/mol. The molecule has 2 N–H and O–H groups in total. The number of aryl methyl sites for hydroxylation is 1. The molecule has 0 saturated heterocycles. The first-order valence-electron chi connectivity index (χ1n) is 9.67. The van der Waals surface area contributed by atoms with Crippen LogP contribution in [0.25, 0.3) is 16.3 Å². The van der Waals surface area contributed by atoms with Crippen molar-refractivity contribution in [2.24, 2.45) is 0 Å². The fraction of sp³-hybridized carbons (Fsp3) is 0.182. The Morgan fingerprint density at radius 1 is 1.13 bits per heavy atom. The van der Waals surface area contributed by atoms with Gasteiger partial charge in [-0.1, -0.05) is 30.3 Å². The first-order chi connectivity index (χ1) is 15.0. The maximum atomic E-state index is 12.1. The molecule has 2 aromatic heterocycles. The van der Waals surface area contributed by atoms with Crippen molar-refractivity contribution in [3.05, 3.63) is 65.2 Å². The number of amides is 2. The van der Waals surface area contributed by atoms with E-state index in [-0.39, 0.29) is 0 Å². The number of carbonyl (C=O) groups excluding carboxylic acids is 2. The number of aromatic nitrogens is 3. The number of hydrogen-bond acceptors (Lipinski definition) is 6. The lowest BCUT2D eigenvalue weighted by molar-refractivity contribution is -0.136. The summed E-state index contributed by atoms with van der Waals surface area (Å²) in [6.07, 6.45) is 0.523. The van der Waals surface area contributed by atoms with E-state index >= 15 is 0 Å². The predicted octanol–water partition coefficient (Wildman–Crippen LogP) is 3.07. The molecule has 2 heterocycles. The number of nitrogens with one attached hydrogen (secondary N) is 2. The van der Waals surface area contributed by atoms with E-state index in [1.54, 1.807) is 28.8 Å². The number of methoxy groups -OCH3 is 1. The van der Waals surface area contributed by atoms with E-state index < -0.39 is 11.8 Å². The fourth-order valence-electron chi connectivity index (χ4n) is 3.11. The summed E-state index contributed by atoms with van der Waals surface area (Å²) in [5.41, 5.74) is 3.51. The van der Waals surface area contributed by atoms with Gasteiger partial charge in [-0.2, -0.15) is 4.98 Å². The van der Waals surface area contributed by atoms with Crippen molar-refractivity contribution >= 4 is 33.8 Å². The molecule has 4 rings (SSSR count). The molecule has 0 atom stereocenters. The molecule has 2 aromatic carbocycles. The van der Waals surface area contributed by atoms with Crippen molar-refractivity contribution in [3.8, 4) is 17.1 Å². The SMILES string of the molecule is COc1cccc(NC(=O)C(=O)NCCc2csc3nc(-c4ccccc4C)nn23)c1. The van der Waals surface area contributed by atoms with E-state index in [1.165, 1.54) is 18.4 Å². The smallest absolute Gasteiger partial charge is 0.313 e. The summed E-state index contributed by atoms with van der Waals surface area (Å²) in [4.78, 5) is 29.6. The number of fused-ring (bicyclic) bond motifs is 1. The number of hydrogen-bond donors (Lipinski definition) is 2. The molecule has 8 nitrogen and oxygen atoms in total. The molecule has 4 aromatic rings. The zero-order valence-electron chi connectivity index (χ0n) is 17.1. The Hall–Kier alpha value is -3.72. The second-order valence-corrected chi connectivity index (χ2v) is 7.70. The van der Waals surface area contributed by atoms with Gasteiger partial charge in [-0.15, -0.1) is 16.4 Å². The van der Waals surface area contributed by atoms with Gasteiger partial charge in [0.05, 0.1) is 12.8 Å². The zero-order chi connectivity index (χ0) is 21.8. The average Bonchev–Trinajstić information content (AvgIpc) is 3.35. The van der Waals surface area contributed by atoms with Crippen LogP contribution in [0.3, 0.4) is 0 Å². The van der Waals surface area contributed by atoms with Gasteiger partial charge >= 0.3 is 11.8 Å². The van der Waals surface area contributed by atoms with Crippen molar-refractivity contribution < 1.29 is 14.3 Å². The highest BCUT2D eigenvalue weighted by Crippen LogP contribution is 2.23. The highest BCUT2D eigenvalue weighted by Gasteiger charge is 2.15. The van der Waals surface area contributed by atoms with Gasteiger partial charge in [0.1, 0.15) is 5.75 Å². The molecule has 158 valence electrons.